The number of carbonyl (C=O) groups is 2. The van der Waals surface area contributed by atoms with E-state index in [0.717, 1.165) is 0 Å². The summed E-state index contributed by atoms with van der Waals surface area (Å²) < 4.78 is 12.3. The van der Waals surface area contributed by atoms with Gasteiger partial charge in [0.15, 0.2) is 0 Å². The minimum Gasteiger partial charge on any atom is -0.497 e. The van der Waals surface area contributed by atoms with E-state index in [0.29, 0.717) is 41.4 Å². The molecule has 150 valence electrons. The van der Waals surface area contributed by atoms with Crippen LogP contribution < -0.4 is 20.1 Å². The maximum absolute atomic E-state index is 12.6. The summed E-state index contributed by atoms with van der Waals surface area (Å²) in [4.78, 5) is 28.7. The number of ether oxygens (including phenoxy) is 2. The van der Waals surface area contributed by atoms with Crippen LogP contribution in [0.25, 0.3) is 0 Å². The van der Waals surface area contributed by atoms with Crippen molar-refractivity contribution in [3.05, 3.63) is 66.7 Å². The van der Waals surface area contributed by atoms with Crippen LogP contribution in [0.5, 0.6) is 11.5 Å². The maximum Gasteiger partial charge on any atom is 0.255 e. The Morgan fingerprint density at radius 1 is 1.00 bits per heavy atom. The molecule has 8 heteroatoms. The first-order chi connectivity index (χ1) is 14.1. The highest BCUT2D eigenvalue weighted by Crippen LogP contribution is 2.26. The van der Waals surface area contributed by atoms with E-state index in [2.05, 4.69) is 15.6 Å². The molecule has 0 spiro atoms. The first kappa shape index (κ1) is 19.9. The Bertz CT molecular complexity index is 964. The fourth-order valence-electron chi connectivity index (χ4n) is 2.69. The third-order valence-electron chi connectivity index (χ3n) is 4.17. The average Bonchev–Trinajstić information content (AvgIpc) is 3.26. The highest BCUT2D eigenvalue weighted by atomic mass is 16.5. The molecule has 0 aliphatic carbocycles. The van der Waals surface area contributed by atoms with E-state index in [9.17, 15) is 9.59 Å². The minimum atomic E-state index is -0.310. The van der Waals surface area contributed by atoms with Crippen molar-refractivity contribution in [2.45, 2.75) is 13.0 Å². The number of nitrogens with one attached hydrogen (secondary N) is 2. The summed E-state index contributed by atoms with van der Waals surface area (Å²) in [5.74, 6) is 0.681. The van der Waals surface area contributed by atoms with Gasteiger partial charge in [-0.05, 0) is 18.2 Å². The van der Waals surface area contributed by atoms with E-state index in [1.165, 1.54) is 0 Å². The van der Waals surface area contributed by atoms with Gasteiger partial charge in [0.2, 0.25) is 5.91 Å². The Balaban J connectivity index is 1.64. The second kappa shape index (κ2) is 9.41. The van der Waals surface area contributed by atoms with Gasteiger partial charge >= 0.3 is 0 Å². The van der Waals surface area contributed by atoms with Crippen LogP contribution in [0.3, 0.4) is 0 Å². The molecule has 2 aromatic carbocycles. The fraction of sp³-hybridized carbons (Fsp3) is 0.190. The molecule has 29 heavy (non-hydrogen) atoms. The lowest BCUT2D eigenvalue weighted by Gasteiger charge is -2.11. The molecule has 0 unspecified atom stereocenters. The van der Waals surface area contributed by atoms with Gasteiger partial charge in [-0.2, -0.15) is 0 Å². The molecule has 0 saturated carbocycles. The highest BCUT2D eigenvalue weighted by Gasteiger charge is 2.10. The summed E-state index contributed by atoms with van der Waals surface area (Å²) in [6.45, 7) is 0.531. The lowest BCUT2D eigenvalue weighted by molar-refractivity contribution is -0.116. The molecule has 8 nitrogen and oxygen atoms in total. The summed E-state index contributed by atoms with van der Waals surface area (Å²) in [5.41, 5.74) is 1.51. The van der Waals surface area contributed by atoms with Gasteiger partial charge in [-0.25, -0.2) is 4.98 Å². The Hall–Kier alpha value is -3.81. The van der Waals surface area contributed by atoms with Crippen molar-refractivity contribution in [1.29, 1.82) is 0 Å². The van der Waals surface area contributed by atoms with Crippen LogP contribution in [-0.4, -0.2) is 35.6 Å². The van der Waals surface area contributed by atoms with Gasteiger partial charge in [0.05, 0.1) is 20.5 Å². The number of methoxy groups -OCH3 is 2. The molecule has 2 amide bonds. The normalized spacial score (nSPS) is 10.3. The average molecular weight is 394 g/mol. The fourth-order valence-corrected chi connectivity index (χ4v) is 2.69. The zero-order valence-electron chi connectivity index (χ0n) is 16.2. The molecule has 0 radical (unpaired) electrons. The van der Waals surface area contributed by atoms with Crippen molar-refractivity contribution in [2.24, 2.45) is 0 Å². The molecule has 3 aromatic rings. The van der Waals surface area contributed by atoms with E-state index < -0.39 is 0 Å². The lowest BCUT2D eigenvalue weighted by Crippen LogP contribution is -2.15. The van der Waals surface area contributed by atoms with Crippen LogP contribution >= 0.6 is 0 Å². The van der Waals surface area contributed by atoms with E-state index in [1.807, 2.05) is 4.57 Å². The highest BCUT2D eigenvalue weighted by molar-refractivity contribution is 6.05. The second-order valence-electron chi connectivity index (χ2n) is 6.23. The minimum absolute atomic E-state index is 0.145. The summed E-state index contributed by atoms with van der Waals surface area (Å²) in [5, 5.41) is 5.62. The van der Waals surface area contributed by atoms with Gasteiger partial charge in [-0.1, -0.05) is 6.07 Å². The molecule has 0 atom stereocenters. The van der Waals surface area contributed by atoms with Gasteiger partial charge in [0, 0.05) is 60.5 Å². The van der Waals surface area contributed by atoms with Crippen molar-refractivity contribution >= 4 is 23.2 Å². The third-order valence-corrected chi connectivity index (χ3v) is 4.17. The van der Waals surface area contributed by atoms with Gasteiger partial charge in [0.25, 0.3) is 5.91 Å². The molecular weight excluding hydrogens is 372 g/mol. The van der Waals surface area contributed by atoms with Gasteiger partial charge in [-0.3, -0.25) is 9.59 Å². The summed E-state index contributed by atoms with van der Waals surface area (Å²) in [7, 11) is 3.08. The molecule has 1 aromatic heterocycles. The van der Waals surface area contributed by atoms with E-state index in [1.54, 1.807) is 75.4 Å². The number of hydrogen-bond acceptors (Lipinski definition) is 5. The number of aromatic nitrogens is 2. The first-order valence-electron chi connectivity index (χ1n) is 8.97. The standard InChI is InChI=1S/C21H22N4O4/c1-28-18-11-17(12-19(13-18)29-2)24-21(27)15-4-3-5-16(10-15)23-20(26)6-8-25-9-7-22-14-25/h3-5,7,9-14H,6,8H2,1-2H3,(H,23,26)(H,24,27). The number of hydrogen-bond donors (Lipinski definition) is 2. The molecule has 3 rings (SSSR count). The zero-order chi connectivity index (χ0) is 20.6. The van der Waals surface area contributed by atoms with Crippen molar-refractivity contribution in [1.82, 2.24) is 9.55 Å². The number of imidazole rings is 1. The summed E-state index contributed by atoms with van der Waals surface area (Å²) in [6, 6.07) is 11.9. The van der Waals surface area contributed by atoms with Crippen LogP contribution in [0, 0.1) is 0 Å². The second-order valence-corrected chi connectivity index (χ2v) is 6.23. The maximum atomic E-state index is 12.6. The Labute approximate surface area is 168 Å². The number of aryl methyl sites for hydroxylation is 1. The Morgan fingerprint density at radius 2 is 1.76 bits per heavy atom. The molecule has 0 fully saturated rings. The van der Waals surface area contributed by atoms with Gasteiger partial charge < -0.3 is 24.7 Å². The molecule has 0 saturated heterocycles. The van der Waals surface area contributed by atoms with Gasteiger partial charge in [0.1, 0.15) is 11.5 Å². The number of amides is 2. The number of anilines is 2. The van der Waals surface area contributed by atoms with E-state index >= 15 is 0 Å². The van der Waals surface area contributed by atoms with Crippen LogP contribution in [-0.2, 0) is 11.3 Å². The van der Waals surface area contributed by atoms with Crippen molar-refractivity contribution in [2.75, 3.05) is 24.9 Å². The summed E-state index contributed by atoms with van der Waals surface area (Å²) in [6.07, 6.45) is 5.42. The predicted molar refractivity (Wildman–Crippen MR) is 109 cm³/mol. The van der Waals surface area contributed by atoms with E-state index in [4.69, 9.17) is 9.47 Å². The third kappa shape index (κ3) is 5.58. The first-order valence-corrected chi connectivity index (χ1v) is 8.97. The largest absolute Gasteiger partial charge is 0.497 e. The van der Waals surface area contributed by atoms with E-state index in [-0.39, 0.29) is 11.8 Å². The van der Waals surface area contributed by atoms with Crippen LogP contribution in [0.4, 0.5) is 11.4 Å². The topological polar surface area (TPSA) is 94.5 Å². The monoisotopic (exact) mass is 394 g/mol. The predicted octanol–water partition coefficient (Wildman–Crippen LogP) is 3.18. The Kier molecular flexibility index (Phi) is 6.47. The summed E-state index contributed by atoms with van der Waals surface area (Å²) >= 11 is 0. The number of rotatable bonds is 8. The SMILES string of the molecule is COc1cc(NC(=O)c2cccc(NC(=O)CCn3ccnc3)c2)cc(OC)c1. The van der Waals surface area contributed by atoms with Crippen LogP contribution in [0.1, 0.15) is 16.8 Å². The van der Waals surface area contributed by atoms with Crippen molar-refractivity contribution < 1.29 is 19.1 Å². The van der Waals surface area contributed by atoms with Crippen molar-refractivity contribution in [3.8, 4) is 11.5 Å². The molecule has 0 aliphatic heterocycles. The van der Waals surface area contributed by atoms with Gasteiger partial charge in [-0.15, -0.1) is 0 Å². The molecule has 1 heterocycles. The van der Waals surface area contributed by atoms with Crippen LogP contribution in [0.15, 0.2) is 61.2 Å². The molecular formula is C21H22N4O4. The molecule has 0 aliphatic rings. The number of carbonyl (C=O) groups excluding carboxylic acids is 2. The van der Waals surface area contributed by atoms with Crippen LogP contribution in [0.2, 0.25) is 0 Å². The number of nitrogens with zero attached hydrogens (tertiary/aromatic N) is 2. The molecule has 0 bridgehead atoms. The molecule has 2 N–H and O–H groups in total. The number of benzene rings is 2. The Morgan fingerprint density at radius 3 is 2.41 bits per heavy atom. The lowest BCUT2D eigenvalue weighted by atomic mass is 10.1. The van der Waals surface area contributed by atoms with Crippen molar-refractivity contribution in [3.63, 3.8) is 0 Å². The smallest absolute Gasteiger partial charge is 0.255 e. The zero-order valence-corrected chi connectivity index (χ0v) is 16.2. The quantitative estimate of drug-likeness (QED) is 0.612.